The maximum absolute atomic E-state index is 5.94. The van der Waals surface area contributed by atoms with Crippen LogP contribution in [-0.2, 0) is 13.5 Å². The van der Waals surface area contributed by atoms with E-state index in [2.05, 4.69) is 34.7 Å². The summed E-state index contributed by atoms with van der Waals surface area (Å²) < 4.78 is 7.70. The number of fused-ring (bicyclic) bond motifs is 1. The summed E-state index contributed by atoms with van der Waals surface area (Å²) in [6.07, 6.45) is 5.94. The molecule has 0 amide bonds. The Kier molecular flexibility index (Phi) is 2.92. The third kappa shape index (κ3) is 2.32. The van der Waals surface area contributed by atoms with Crippen molar-refractivity contribution < 1.29 is 4.74 Å². The number of para-hydroxylation sites is 1. The minimum atomic E-state index is 0.196. The van der Waals surface area contributed by atoms with Gasteiger partial charge in [0.1, 0.15) is 6.10 Å². The van der Waals surface area contributed by atoms with Crippen LogP contribution in [-0.4, -0.2) is 22.4 Å². The first-order valence-corrected chi connectivity index (χ1v) is 6.28. The van der Waals surface area contributed by atoms with E-state index < -0.39 is 0 Å². The predicted molar refractivity (Wildman–Crippen MR) is 70.9 cm³/mol. The molecule has 3 rings (SSSR count). The first-order valence-electron chi connectivity index (χ1n) is 6.28. The van der Waals surface area contributed by atoms with Crippen LogP contribution in [0.15, 0.2) is 36.7 Å². The lowest BCUT2D eigenvalue weighted by molar-refractivity contribution is 0.206. The van der Waals surface area contributed by atoms with Crippen molar-refractivity contribution in [3.8, 4) is 5.75 Å². The second-order valence-corrected chi connectivity index (χ2v) is 4.67. The van der Waals surface area contributed by atoms with Crippen LogP contribution in [0.4, 0.5) is 5.69 Å². The number of aryl methyl sites for hydroxylation is 2. The van der Waals surface area contributed by atoms with E-state index in [1.54, 1.807) is 10.9 Å². The van der Waals surface area contributed by atoms with Crippen LogP contribution >= 0.6 is 0 Å². The van der Waals surface area contributed by atoms with Crippen molar-refractivity contribution in [3.05, 3.63) is 42.2 Å². The van der Waals surface area contributed by atoms with Crippen molar-refractivity contribution in [2.75, 3.05) is 11.9 Å². The monoisotopic (exact) mass is 243 g/mol. The molecule has 1 aliphatic heterocycles. The Morgan fingerprint density at radius 3 is 3.11 bits per heavy atom. The van der Waals surface area contributed by atoms with E-state index in [0.29, 0.717) is 0 Å². The molecule has 1 N–H and O–H groups in total. The number of benzene rings is 1. The summed E-state index contributed by atoms with van der Waals surface area (Å²) in [5.41, 5.74) is 2.60. The molecule has 1 unspecified atom stereocenters. The SMILES string of the molecule is Cn1cc(OC2CCc3ccccc3NC2)cn1. The van der Waals surface area contributed by atoms with Gasteiger partial charge in [-0.2, -0.15) is 5.10 Å². The summed E-state index contributed by atoms with van der Waals surface area (Å²) >= 11 is 0. The molecular formula is C14H17N3O. The number of hydrogen-bond acceptors (Lipinski definition) is 3. The molecule has 4 heteroatoms. The fraction of sp³-hybridized carbons (Fsp3) is 0.357. The second kappa shape index (κ2) is 4.72. The van der Waals surface area contributed by atoms with Crippen LogP contribution in [0, 0.1) is 0 Å². The normalized spacial score (nSPS) is 18.6. The molecule has 1 aliphatic rings. The van der Waals surface area contributed by atoms with Crippen LogP contribution in [0.1, 0.15) is 12.0 Å². The Hall–Kier alpha value is -1.97. The molecule has 1 aromatic carbocycles. The number of nitrogens with one attached hydrogen (secondary N) is 1. The van der Waals surface area contributed by atoms with Gasteiger partial charge in [0, 0.05) is 12.7 Å². The second-order valence-electron chi connectivity index (χ2n) is 4.67. The summed E-state index contributed by atoms with van der Waals surface area (Å²) in [7, 11) is 1.90. The molecule has 1 atom stereocenters. The lowest BCUT2D eigenvalue weighted by atomic mass is 10.1. The first kappa shape index (κ1) is 11.1. The molecule has 2 aromatic rings. The van der Waals surface area contributed by atoms with Crippen molar-refractivity contribution >= 4 is 5.69 Å². The largest absolute Gasteiger partial charge is 0.485 e. The summed E-state index contributed by atoms with van der Waals surface area (Å²) in [6.45, 7) is 0.839. The van der Waals surface area contributed by atoms with Crippen molar-refractivity contribution in [3.63, 3.8) is 0 Å². The fourth-order valence-corrected chi connectivity index (χ4v) is 2.31. The summed E-state index contributed by atoms with van der Waals surface area (Å²) in [6, 6.07) is 8.45. The standard InChI is InChI=1S/C14H17N3O/c1-17-10-13(9-16-17)18-12-7-6-11-4-2-3-5-14(11)15-8-12/h2-5,9-10,12,15H,6-8H2,1H3. The minimum Gasteiger partial charge on any atom is -0.485 e. The quantitative estimate of drug-likeness (QED) is 0.879. The number of aromatic nitrogens is 2. The molecular weight excluding hydrogens is 226 g/mol. The molecule has 0 bridgehead atoms. The number of ether oxygens (including phenoxy) is 1. The van der Waals surface area contributed by atoms with Crippen molar-refractivity contribution in [2.24, 2.45) is 7.05 Å². The highest BCUT2D eigenvalue weighted by Crippen LogP contribution is 2.23. The highest BCUT2D eigenvalue weighted by molar-refractivity contribution is 5.52. The lowest BCUT2D eigenvalue weighted by Crippen LogP contribution is -2.24. The van der Waals surface area contributed by atoms with Crippen LogP contribution in [0.5, 0.6) is 5.75 Å². The number of hydrogen-bond donors (Lipinski definition) is 1. The van der Waals surface area contributed by atoms with Crippen molar-refractivity contribution in [2.45, 2.75) is 18.9 Å². The van der Waals surface area contributed by atoms with E-state index in [1.807, 2.05) is 13.2 Å². The van der Waals surface area contributed by atoms with Gasteiger partial charge in [-0.3, -0.25) is 4.68 Å². The topological polar surface area (TPSA) is 39.1 Å². The lowest BCUT2D eigenvalue weighted by Gasteiger charge is -2.15. The fourth-order valence-electron chi connectivity index (χ4n) is 2.31. The third-order valence-corrected chi connectivity index (χ3v) is 3.26. The van der Waals surface area contributed by atoms with Gasteiger partial charge in [0.2, 0.25) is 0 Å². The van der Waals surface area contributed by atoms with E-state index in [4.69, 9.17) is 4.74 Å². The van der Waals surface area contributed by atoms with E-state index in [1.165, 1.54) is 11.3 Å². The zero-order valence-corrected chi connectivity index (χ0v) is 10.5. The Morgan fingerprint density at radius 2 is 2.28 bits per heavy atom. The van der Waals surface area contributed by atoms with Gasteiger partial charge in [-0.25, -0.2) is 0 Å². The number of anilines is 1. The Labute approximate surface area is 107 Å². The van der Waals surface area contributed by atoms with Gasteiger partial charge in [-0.05, 0) is 24.5 Å². The van der Waals surface area contributed by atoms with E-state index in [0.717, 1.165) is 25.1 Å². The highest BCUT2D eigenvalue weighted by atomic mass is 16.5. The third-order valence-electron chi connectivity index (χ3n) is 3.26. The smallest absolute Gasteiger partial charge is 0.157 e. The number of nitrogens with zero attached hydrogens (tertiary/aromatic N) is 2. The maximum Gasteiger partial charge on any atom is 0.157 e. The van der Waals surface area contributed by atoms with Gasteiger partial charge in [0.05, 0.1) is 18.9 Å². The Balaban J connectivity index is 1.68. The molecule has 0 aliphatic carbocycles. The van der Waals surface area contributed by atoms with E-state index in [-0.39, 0.29) is 6.10 Å². The van der Waals surface area contributed by atoms with Gasteiger partial charge in [-0.1, -0.05) is 18.2 Å². The van der Waals surface area contributed by atoms with Gasteiger partial charge >= 0.3 is 0 Å². The average molecular weight is 243 g/mol. The van der Waals surface area contributed by atoms with E-state index in [9.17, 15) is 0 Å². The predicted octanol–water partition coefficient (Wildman–Crippen LogP) is 2.23. The molecule has 0 radical (unpaired) electrons. The summed E-state index contributed by atoms with van der Waals surface area (Å²) in [5, 5.41) is 7.57. The molecule has 1 aromatic heterocycles. The minimum absolute atomic E-state index is 0.196. The molecule has 94 valence electrons. The molecule has 0 saturated carbocycles. The van der Waals surface area contributed by atoms with E-state index >= 15 is 0 Å². The molecule has 4 nitrogen and oxygen atoms in total. The van der Waals surface area contributed by atoms with Gasteiger partial charge < -0.3 is 10.1 Å². The van der Waals surface area contributed by atoms with Gasteiger partial charge in [0.15, 0.2) is 5.75 Å². The van der Waals surface area contributed by atoms with Crippen LogP contribution < -0.4 is 10.1 Å². The molecule has 0 saturated heterocycles. The Bertz CT molecular complexity index is 508. The van der Waals surface area contributed by atoms with Crippen molar-refractivity contribution in [1.82, 2.24) is 9.78 Å². The van der Waals surface area contributed by atoms with Crippen LogP contribution in [0.3, 0.4) is 0 Å². The van der Waals surface area contributed by atoms with Crippen LogP contribution in [0.25, 0.3) is 0 Å². The zero-order valence-electron chi connectivity index (χ0n) is 10.5. The Morgan fingerprint density at radius 1 is 1.39 bits per heavy atom. The summed E-state index contributed by atoms with van der Waals surface area (Å²) in [5.74, 6) is 0.843. The number of rotatable bonds is 2. The molecule has 0 spiro atoms. The molecule has 2 heterocycles. The zero-order chi connectivity index (χ0) is 12.4. The van der Waals surface area contributed by atoms with Crippen LogP contribution in [0.2, 0.25) is 0 Å². The average Bonchev–Trinajstić information content (AvgIpc) is 2.68. The molecule has 0 fully saturated rings. The maximum atomic E-state index is 5.94. The van der Waals surface area contributed by atoms with Gasteiger partial charge in [-0.15, -0.1) is 0 Å². The van der Waals surface area contributed by atoms with Gasteiger partial charge in [0.25, 0.3) is 0 Å². The van der Waals surface area contributed by atoms with Crippen molar-refractivity contribution in [1.29, 1.82) is 0 Å². The first-order chi connectivity index (χ1) is 8.81. The summed E-state index contributed by atoms with van der Waals surface area (Å²) in [4.78, 5) is 0. The highest BCUT2D eigenvalue weighted by Gasteiger charge is 2.17. The molecule has 18 heavy (non-hydrogen) atoms.